The summed E-state index contributed by atoms with van der Waals surface area (Å²) >= 11 is 12.0. The predicted octanol–water partition coefficient (Wildman–Crippen LogP) is 3.84. The van der Waals surface area contributed by atoms with Gasteiger partial charge < -0.3 is 10.1 Å². The van der Waals surface area contributed by atoms with E-state index in [9.17, 15) is 9.59 Å². The van der Waals surface area contributed by atoms with E-state index in [2.05, 4.69) is 5.32 Å². The number of nitrogens with one attached hydrogen (secondary N) is 1. The molecule has 3 amide bonds. The Balaban J connectivity index is 1.69. The molecule has 0 saturated carbocycles. The first kappa shape index (κ1) is 17.6. The Labute approximate surface area is 155 Å². The van der Waals surface area contributed by atoms with Gasteiger partial charge in [-0.25, -0.2) is 4.79 Å². The number of hydrogen-bond donors (Lipinski definition) is 1. The Morgan fingerprint density at radius 3 is 2.44 bits per heavy atom. The molecule has 1 aliphatic rings. The summed E-state index contributed by atoms with van der Waals surface area (Å²) in [5, 5.41) is 3.76. The van der Waals surface area contributed by atoms with E-state index >= 15 is 0 Å². The second-order valence-electron chi connectivity index (χ2n) is 5.79. The first-order valence-electron chi connectivity index (χ1n) is 7.69. The van der Waals surface area contributed by atoms with Crippen LogP contribution in [-0.4, -0.2) is 30.0 Å². The molecule has 2 aromatic carbocycles. The number of ether oxygens (including phenoxy) is 1. The van der Waals surface area contributed by atoms with Gasteiger partial charge in [-0.3, -0.25) is 9.69 Å². The molecule has 0 radical (unpaired) electrons. The molecule has 7 heteroatoms. The average molecular weight is 379 g/mol. The second kappa shape index (κ2) is 6.94. The van der Waals surface area contributed by atoms with E-state index in [0.717, 1.165) is 4.90 Å². The zero-order valence-electron chi connectivity index (χ0n) is 13.5. The number of imide groups is 1. The maximum atomic E-state index is 12.8. The van der Waals surface area contributed by atoms with Gasteiger partial charge in [-0.1, -0.05) is 41.4 Å². The van der Waals surface area contributed by atoms with Crippen molar-refractivity contribution in [2.45, 2.75) is 12.5 Å². The highest BCUT2D eigenvalue weighted by atomic mass is 35.5. The minimum Gasteiger partial charge on any atom is -0.492 e. The summed E-state index contributed by atoms with van der Waals surface area (Å²) < 4.78 is 5.56. The van der Waals surface area contributed by atoms with Crippen molar-refractivity contribution in [3.8, 4) is 5.75 Å². The van der Waals surface area contributed by atoms with Gasteiger partial charge in [0.2, 0.25) is 0 Å². The highest BCUT2D eigenvalue weighted by molar-refractivity contribution is 6.32. The Hall–Kier alpha value is -2.24. The Kier molecular flexibility index (Phi) is 4.88. The molecule has 25 heavy (non-hydrogen) atoms. The monoisotopic (exact) mass is 378 g/mol. The van der Waals surface area contributed by atoms with Gasteiger partial charge in [0.05, 0.1) is 6.54 Å². The van der Waals surface area contributed by atoms with Gasteiger partial charge in [0.25, 0.3) is 5.91 Å². The zero-order chi connectivity index (χ0) is 18.0. The van der Waals surface area contributed by atoms with Crippen molar-refractivity contribution >= 4 is 35.1 Å². The van der Waals surface area contributed by atoms with Crippen LogP contribution >= 0.6 is 23.2 Å². The number of nitrogens with zero attached hydrogens (tertiary/aromatic N) is 1. The lowest BCUT2D eigenvalue weighted by atomic mass is 9.92. The number of carbonyl (C=O) groups is 2. The van der Waals surface area contributed by atoms with E-state index in [1.165, 1.54) is 0 Å². The number of amides is 3. The number of hydrogen-bond acceptors (Lipinski definition) is 3. The first-order valence-corrected chi connectivity index (χ1v) is 8.45. The van der Waals surface area contributed by atoms with Crippen LogP contribution in [0.25, 0.3) is 0 Å². The van der Waals surface area contributed by atoms with E-state index < -0.39 is 11.6 Å². The fourth-order valence-corrected chi connectivity index (χ4v) is 3.19. The van der Waals surface area contributed by atoms with Crippen LogP contribution in [0.3, 0.4) is 0 Å². The Morgan fingerprint density at radius 1 is 1.08 bits per heavy atom. The third kappa shape index (κ3) is 3.43. The van der Waals surface area contributed by atoms with E-state index in [4.69, 9.17) is 27.9 Å². The third-order valence-corrected chi connectivity index (χ3v) is 4.67. The molecule has 0 unspecified atom stereocenters. The van der Waals surface area contributed by atoms with Crippen LogP contribution in [-0.2, 0) is 10.3 Å². The topological polar surface area (TPSA) is 58.6 Å². The van der Waals surface area contributed by atoms with Gasteiger partial charge in [0.1, 0.15) is 17.9 Å². The fourth-order valence-electron chi connectivity index (χ4n) is 2.73. The first-order chi connectivity index (χ1) is 11.9. The summed E-state index contributed by atoms with van der Waals surface area (Å²) in [6, 6.07) is 13.4. The molecule has 5 nitrogen and oxygen atoms in total. The lowest BCUT2D eigenvalue weighted by Gasteiger charge is -2.23. The zero-order valence-corrected chi connectivity index (χ0v) is 15.0. The summed E-state index contributed by atoms with van der Waals surface area (Å²) in [6.07, 6.45) is 0. The second-order valence-corrected chi connectivity index (χ2v) is 6.64. The van der Waals surface area contributed by atoms with Crippen LogP contribution < -0.4 is 10.1 Å². The maximum Gasteiger partial charge on any atom is 0.325 e. The Morgan fingerprint density at radius 2 is 1.76 bits per heavy atom. The van der Waals surface area contributed by atoms with E-state index in [1.807, 2.05) is 0 Å². The van der Waals surface area contributed by atoms with Crippen molar-refractivity contribution in [2.24, 2.45) is 0 Å². The molecular formula is C18H16Cl2N2O3. The summed E-state index contributed by atoms with van der Waals surface area (Å²) in [5.41, 5.74) is -0.619. The molecule has 1 aliphatic heterocycles. The summed E-state index contributed by atoms with van der Waals surface area (Å²) in [6.45, 7) is 1.96. The van der Waals surface area contributed by atoms with E-state index in [0.29, 0.717) is 21.4 Å². The fraction of sp³-hybridized carbons (Fsp3) is 0.222. The molecule has 1 fully saturated rings. The number of halogens is 2. The molecule has 1 N–H and O–H groups in total. The molecule has 130 valence electrons. The van der Waals surface area contributed by atoms with Gasteiger partial charge in [0, 0.05) is 15.6 Å². The van der Waals surface area contributed by atoms with Crippen LogP contribution in [0.2, 0.25) is 10.0 Å². The van der Waals surface area contributed by atoms with Gasteiger partial charge in [-0.15, -0.1) is 0 Å². The van der Waals surface area contributed by atoms with Crippen LogP contribution in [0, 0.1) is 0 Å². The molecule has 1 saturated heterocycles. The largest absolute Gasteiger partial charge is 0.492 e. The van der Waals surface area contributed by atoms with Crippen molar-refractivity contribution < 1.29 is 14.3 Å². The number of carbonyl (C=O) groups excluding carboxylic acids is 2. The molecule has 0 aliphatic carbocycles. The van der Waals surface area contributed by atoms with Crippen LogP contribution in [0.15, 0.2) is 48.5 Å². The number of rotatable bonds is 5. The summed E-state index contributed by atoms with van der Waals surface area (Å²) in [7, 11) is 0. The van der Waals surface area contributed by atoms with Crippen molar-refractivity contribution in [2.75, 3.05) is 13.2 Å². The van der Waals surface area contributed by atoms with Crippen molar-refractivity contribution in [1.82, 2.24) is 10.2 Å². The smallest absolute Gasteiger partial charge is 0.325 e. The van der Waals surface area contributed by atoms with Crippen LogP contribution in [0.5, 0.6) is 5.75 Å². The standard InChI is InChI=1S/C18H16Cl2N2O3/c1-18(14-4-2-3-5-15(14)20)16(23)22(17(24)21-18)10-11-25-13-8-6-12(19)7-9-13/h2-9H,10-11H2,1H3,(H,21,24)/t18-/m0/s1. The van der Waals surface area contributed by atoms with E-state index in [-0.39, 0.29) is 19.1 Å². The van der Waals surface area contributed by atoms with Crippen molar-refractivity contribution in [3.63, 3.8) is 0 Å². The molecule has 1 atom stereocenters. The molecule has 0 bridgehead atoms. The third-order valence-electron chi connectivity index (χ3n) is 4.08. The molecule has 1 heterocycles. The minimum atomic E-state index is -1.18. The average Bonchev–Trinajstić information content (AvgIpc) is 2.81. The maximum absolute atomic E-state index is 12.8. The summed E-state index contributed by atoms with van der Waals surface area (Å²) in [4.78, 5) is 26.2. The van der Waals surface area contributed by atoms with Crippen LogP contribution in [0.1, 0.15) is 12.5 Å². The highest BCUT2D eigenvalue weighted by Gasteiger charge is 2.49. The van der Waals surface area contributed by atoms with E-state index in [1.54, 1.807) is 55.5 Å². The molecule has 3 rings (SSSR count). The normalized spacial score (nSPS) is 19.9. The quantitative estimate of drug-likeness (QED) is 0.804. The SMILES string of the molecule is C[C@@]1(c2ccccc2Cl)NC(=O)N(CCOc2ccc(Cl)cc2)C1=O. The van der Waals surface area contributed by atoms with Crippen molar-refractivity contribution in [3.05, 3.63) is 64.1 Å². The highest BCUT2D eigenvalue weighted by Crippen LogP contribution is 2.33. The Bertz CT molecular complexity index is 810. The van der Waals surface area contributed by atoms with Crippen molar-refractivity contribution in [1.29, 1.82) is 0 Å². The lowest BCUT2D eigenvalue weighted by Crippen LogP contribution is -2.41. The molecule has 2 aromatic rings. The van der Waals surface area contributed by atoms with Gasteiger partial charge >= 0.3 is 6.03 Å². The van der Waals surface area contributed by atoms with Gasteiger partial charge in [-0.2, -0.15) is 0 Å². The minimum absolute atomic E-state index is 0.132. The van der Waals surface area contributed by atoms with Gasteiger partial charge in [0.15, 0.2) is 0 Å². The van der Waals surface area contributed by atoms with Gasteiger partial charge in [-0.05, 0) is 37.3 Å². The summed E-state index contributed by atoms with van der Waals surface area (Å²) in [5.74, 6) is 0.260. The molecule has 0 spiro atoms. The molecular weight excluding hydrogens is 363 g/mol. The van der Waals surface area contributed by atoms with Crippen LogP contribution in [0.4, 0.5) is 4.79 Å². The lowest BCUT2D eigenvalue weighted by molar-refractivity contribution is -0.131. The predicted molar refractivity (Wildman–Crippen MR) is 96.0 cm³/mol. The molecule has 0 aromatic heterocycles. The number of urea groups is 1. The number of benzene rings is 2.